The lowest BCUT2D eigenvalue weighted by atomic mass is 10.2. The largest absolute Gasteiger partial charge is 0.332 e. The van der Waals surface area contributed by atoms with Crippen molar-refractivity contribution in [3.63, 3.8) is 0 Å². The molecule has 134 valence electrons. The number of hydrogen-bond donors (Lipinski definition) is 1. The van der Waals surface area contributed by atoms with Gasteiger partial charge in [0, 0.05) is 32.5 Å². The van der Waals surface area contributed by atoms with Crippen LogP contribution in [0.2, 0.25) is 0 Å². The number of carbonyl (C=O) groups excluding carboxylic acids is 1. The van der Waals surface area contributed by atoms with E-state index >= 15 is 0 Å². The summed E-state index contributed by atoms with van der Waals surface area (Å²) in [5.74, 6) is 1.90. The third kappa shape index (κ3) is 3.94. The molecule has 1 N–H and O–H groups in total. The molecule has 3 rings (SSSR count). The number of hydrogen-bond acceptors (Lipinski definition) is 5. The molecule has 0 saturated carbocycles. The third-order valence-corrected chi connectivity index (χ3v) is 5.44. The van der Waals surface area contributed by atoms with Gasteiger partial charge in [-0.25, -0.2) is 13.1 Å². The van der Waals surface area contributed by atoms with E-state index in [2.05, 4.69) is 19.5 Å². The maximum absolute atomic E-state index is 12.5. The van der Waals surface area contributed by atoms with Crippen LogP contribution in [0.3, 0.4) is 0 Å². The molecule has 8 nitrogen and oxygen atoms in total. The molecular weight excluding hydrogens is 330 g/mol. The number of rotatable bonds is 5. The summed E-state index contributed by atoms with van der Waals surface area (Å²) in [6.45, 7) is 1.76. The highest BCUT2D eigenvalue weighted by Gasteiger charge is 2.34. The van der Waals surface area contributed by atoms with Gasteiger partial charge in [0.25, 0.3) is 0 Å². The van der Waals surface area contributed by atoms with Gasteiger partial charge in [0.2, 0.25) is 15.9 Å². The molecule has 1 atom stereocenters. The van der Waals surface area contributed by atoms with Gasteiger partial charge in [0.1, 0.15) is 5.82 Å². The maximum Gasteiger partial charge on any atom is 0.224 e. The Balaban J connectivity index is 1.69. The molecule has 1 aromatic heterocycles. The second-order valence-electron chi connectivity index (χ2n) is 6.60. The topological polar surface area (TPSA) is 97.2 Å². The number of likely N-dealkylation sites (tertiary alicyclic amines) is 1. The Morgan fingerprint density at radius 2 is 2.04 bits per heavy atom. The number of sulfonamides is 1. The fourth-order valence-corrected chi connectivity index (χ4v) is 4.05. The summed E-state index contributed by atoms with van der Waals surface area (Å²) in [6, 6.07) is -0.0323. The van der Waals surface area contributed by atoms with Gasteiger partial charge in [-0.1, -0.05) is 6.42 Å². The summed E-state index contributed by atoms with van der Waals surface area (Å²) < 4.78 is 26.8. The van der Waals surface area contributed by atoms with E-state index < -0.39 is 10.0 Å². The van der Waals surface area contributed by atoms with Crippen LogP contribution in [0.25, 0.3) is 0 Å². The molecular formula is C15H25N5O3S. The Hall–Kier alpha value is -1.48. The second-order valence-corrected chi connectivity index (χ2v) is 8.43. The minimum Gasteiger partial charge on any atom is -0.332 e. The minimum atomic E-state index is -3.26. The zero-order valence-electron chi connectivity index (χ0n) is 14.1. The smallest absolute Gasteiger partial charge is 0.224 e. The zero-order chi connectivity index (χ0) is 17.2. The van der Waals surface area contributed by atoms with E-state index in [1.165, 1.54) is 6.42 Å². The van der Waals surface area contributed by atoms with Gasteiger partial charge < -0.3 is 9.47 Å². The Morgan fingerprint density at radius 3 is 2.83 bits per heavy atom. The Labute approximate surface area is 142 Å². The van der Waals surface area contributed by atoms with Crippen LogP contribution < -0.4 is 4.72 Å². The first-order chi connectivity index (χ1) is 11.5. The Bertz CT molecular complexity index is 700. The lowest BCUT2D eigenvalue weighted by molar-refractivity contribution is -0.132. The van der Waals surface area contributed by atoms with Crippen LogP contribution in [0.5, 0.6) is 0 Å². The van der Waals surface area contributed by atoms with Crippen LogP contribution in [0.1, 0.15) is 56.2 Å². The Kier molecular flexibility index (Phi) is 5.19. The molecule has 1 fully saturated rings. The van der Waals surface area contributed by atoms with Crippen LogP contribution >= 0.6 is 0 Å². The molecule has 1 aromatic rings. The van der Waals surface area contributed by atoms with E-state index in [9.17, 15) is 13.2 Å². The molecule has 1 saturated heterocycles. The highest BCUT2D eigenvalue weighted by molar-refractivity contribution is 7.88. The molecule has 0 aliphatic carbocycles. The van der Waals surface area contributed by atoms with Crippen LogP contribution in [0, 0.1) is 0 Å². The first-order valence-electron chi connectivity index (χ1n) is 8.62. The van der Waals surface area contributed by atoms with Crippen molar-refractivity contribution in [3.05, 3.63) is 11.6 Å². The standard InChI is InChI=1S/C15H25N5O3S/c1-24(22,23)16-9-8-14(21)19-11-5-6-12(19)15-18-17-13-7-3-2-4-10-20(13)15/h12,16H,2-11H2,1H3. The Morgan fingerprint density at radius 1 is 1.21 bits per heavy atom. The van der Waals surface area contributed by atoms with Crippen molar-refractivity contribution < 1.29 is 13.2 Å². The summed E-state index contributed by atoms with van der Waals surface area (Å²) in [5, 5.41) is 8.71. The number of fused-ring (bicyclic) bond motifs is 1. The summed E-state index contributed by atoms with van der Waals surface area (Å²) >= 11 is 0. The number of aryl methyl sites for hydroxylation is 1. The summed E-state index contributed by atoms with van der Waals surface area (Å²) in [7, 11) is -3.26. The predicted molar refractivity (Wildman–Crippen MR) is 88.7 cm³/mol. The van der Waals surface area contributed by atoms with Crippen molar-refractivity contribution in [3.8, 4) is 0 Å². The fraction of sp³-hybridized carbons (Fsp3) is 0.800. The van der Waals surface area contributed by atoms with Gasteiger partial charge in [-0.3, -0.25) is 4.79 Å². The molecule has 9 heteroatoms. The zero-order valence-corrected chi connectivity index (χ0v) is 14.9. The fourth-order valence-electron chi connectivity index (χ4n) is 3.57. The third-order valence-electron chi connectivity index (χ3n) is 4.71. The van der Waals surface area contributed by atoms with Crippen molar-refractivity contribution in [1.29, 1.82) is 0 Å². The molecule has 0 radical (unpaired) electrons. The van der Waals surface area contributed by atoms with Crippen LogP contribution in [0.15, 0.2) is 0 Å². The first-order valence-corrected chi connectivity index (χ1v) is 10.5. The van der Waals surface area contributed by atoms with Crippen molar-refractivity contribution >= 4 is 15.9 Å². The molecule has 1 unspecified atom stereocenters. The molecule has 24 heavy (non-hydrogen) atoms. The van der Waals surface area contributed by atoms with Gasteiger partial charge >= 0.3 is 0 Å². The molecule has 0 bridgehead atoms. The molecule has 1 amide bonds. The van der Waals surface area contributed by atoms with E-state index in [1.807, 2.05) is 4.90 Å². The average Bonchev–Trinajstić information content (AvgIpc) is 3.07. The molecule has 3 heterocycles. The molecule has 0 spiro atoms. The lowest BCUT2D eigenvalue weighted by Gasteiger charge is -2.24. The van der Waals surface area contributed by atoms with Crippen molar-refractivity contribution in [2.24, 2.45) is 0 Å². The lowest BCUT2D eigenvalue weighted by Crippen LogP contribution is -2.35. The highest BCUT2D eigenvalue weighted by atomic mass is 32.2. The van der Waals surface area contributed by atoms with Crippen molar-refractivity contribution in [2.45, 2.75) is 57.5 Å². The number of nitrogens with zero attached hydrogens (tertiary/aromatic N) is 4. The second kappa shape index (κ2) is 7.18. The van der Waals surface area contributed by atoms with E-state index in [-0.39, 0.29) is 24.9 Å². The number of carbonyl (C=O) groups is 1. The van der Waals surface area contributed by atoms with Gasteiger partial charge in [0.15, 0.2) is 5.82 Å². The van der Waals surface area contributed by atoms with Crippen LogP contribution in [-0.4, -0.2) is 53.3 Å². The highest BCUT2D eigenvalue weighted by Crippen LogP contribution is 2.32. The molecule has 2 aliphatic rings. The van der Waals surface area contributed by atoms with Gasteiger partial charge in [0.05, 0.1) is 12.3 Å². The normalized spacial score (nSPS) is 21.5. The van der Waals surface area contributed by atoms with E-state index in [0.717, 1.165) is 56.6 Å². The average molecular weight is 355 g/mol. The van der Waals surface area contributed by atoms with E-state index in [1.54, 1.807) is 0 Å². The predicted octanol–water partition coefficient (Wildman–Crippen LogP) is 0.607. The number of nitrogens with one attached hydrogen (secondary N) is 1. The minimum absolute atomic E-state index is 0.0281. The summed E-state index contributed by atoms with van der Waals surface area (Å²) in [4.78, 5) is 14.3. The van der Waals surface area contributed by atoms with Gasteiger partial charge in [-0.05, 0) is 25.7 Å². The monoisotopic (exact) mass is 355 g/mol. The summed E-state index contributed by atoms with van der Waals surface area (Å²) in [6.07, 6.45) is 7.52. The van der Waals surface area contributed by atoms with Gasteiger partial charge in [-0.15, -0.1) is 10.2 Å². The van der Waals surface area contributed by atoms with E-state index in [4.69, 9.17) is 0 Å². The van der Waals surface area contributed by atoms with Crippen LogP contribution in [0.4, 0.5) is 0 Å². The van der Waals surface area contributed by atoms with Gasteiger partial charge in [-0.2, -0.15) is 0 Å². The maximum atomic E-state index is 12.5. The number of amides is 1. The molecule has 2 aliphatic heterocycles. The molecule has 0 aromatic carbocycles. The quantitative estimate of drug-likeness (QED) is 0.834. The van der Waals surface area contributed by atoms with E-state index in [0.29, 0.717) is 6.54 Å². The van der Waals surface area contributed by atoms with Crippen LogP contribution in [-0.2, 0) is 27.8 Å². The van der Waals surface area contributed by atoms with Crippen molar-refractivity contribution in [1.82, 2.24) is 24.4 Å². The summed E-state index contributed by atoms with van der Waals surface area (Å²) in [5.41, 5.74) is 0. The SMILES string of the molecule is CS(=O)(=O)NCCC(=O)N1CCCC1c1nnc2n1CCCCC2. The first kappa shape index (κ1) is 17.3. The number of aromatic nitrogens is 3. The van der Waals surface area contributed by atoms with Crippen molar-refractivity contribution in [2.75, 3.05) is 19.3 Å².